The van der Waals surface area contributed by atoms with E-state index in [0.717, 1.165) is 22.5 Å². The Balaban J connectivity index is 2.17. The van der Waals surface area contributed by atoms with Crippen LogP contribution in [-0.2, 0) is 0 Å². The monoisotopic (exact) mass is 268 g/mol. The first-order valence-electron chi connectivity index (χ1n) is 6.63. The molecule has 0 aliphatic carbocycles. The van der Waals surface area contributed by atoms with Gasteiger partial charge in [-0.3, -0.25) is 4.79 Å². The molecule has 0 saturated heterocycles. The maximum absolute atomic E-state index is 12.2. The lowest BCUT2D eigenvalue weighted by Crippen LogP contribution is -2.14. The van der Waals surface area contributed by atoms with Crippen molar-refractivity contribution in [2.45, 2.75) is 13.8 Å². The molecule has 3 heteroatoms. The van der Waals surface area contributed by atoms with Gasteiger partial charge < -0.3 is 10.2 Å². The van der Waals surface area contributed by atoms with E-state index in [-0.39, 0.29) is 5.91 Å². The van der Waals surface area contributed by atoms with Gasteiger partial charge in [0, 0.05) is 31.0 Å². The number of rotatable bonds is 3. The van der Waals surface area contributed by atoms with Crippen LogP contribution >= 0.6 is 0 Å². The zero-order valence-electron chi connectivity index (χ0n) is 12.4. The van der Waals surface area contributed by atoms with E-state index in [1.54, 1.807) is 0 Å². The summed E-state index contributed by atoms with van der Waals surface area (Å²) in [4.78, 5) is 14.2. The molecular formula is C17H20N2O. The van der Waals surface area contributed by atoms with Gasteiger partial charge in [-0.25, -0.2) is 0 Å². The molecule has 0 atom stereocenters. The summed E-state index contributed by atoms with van der Waals surface area (Å²) in [5.74, 6) is -0.0796. The molecule has 2 aromatic carbocycles. The van der Waals surface area contributed by atoms with Crippen molar-refractivity contribution in [3.8, 4) is 0 Å². The van der Waals surface area contributed by atoms with Gasteiger partial charge in [0.2, 0.25) is 0 Å². The van der Waals surface area contributed by atoms with E-state index >= 15 is 0 Å². The third kappa shape index (κ3) is 3.18. The van der Waals surface area contributed by atoms with E-state index < -0.39 is 0 Å². The van der Waals surface area contributed by atoms with E-state index in [1.165, 1.54) is 0 Å². The molecule has 0 spiro atoms. The molecule has 0 unspecified atom stereocenters. The van der Waals surface area contributed by atoms with Crippen LogP contribution in [0.4, 0.5) is 11.4 Å². The van der Waals surface area contributed by atoms with Crippen molar-refractivity contribution in [1.82, 2.24) is 0 Å². The second-order valence-corrected chi connectivity index (χ2v) is 5.21. The summed E-state index contributed by atoms with van der Waals surface area (Å²) in [5, 5.41) is 2.96. The number of carbonyl (C=O) groups excluding carboxylic acids is 1. The molecule has 1 N–H and O–H groups in total. The molecule has 1 amide bonds. The van der Waals surface area contributed by atoms with E-state index in [0.29, 0.717) is 5.56 Å². The molecule has 0 bridgehead atoms. The Hall–Kier alpha value is -2.29. The lowest BCUT2D eigenvalue weighted by Gasteiger charge is -2.13. The van der Waals surface area contributed by atoms with Gasteiger partial charge in [0.1, 0.15) is 0 Å². The minimum Gasteiger partial charge on any atom is -0.378 e. The normalized spacial score (nSPS) is 10.2. The molecule has 0 radical (unpaired) electrons. The molecule has 0 aliphatic rings. The van der Waals surface area contributed by atoms with Crippen LogP contribution in [0.1, 0.15) is 21.5 Å². The highest BCUT2D eigenvalue weighted by Crippen LogP contribution is 2.18. The van der Waals surface area contributed by atoms with Crippen LogP contribution in [0, 0.1) is 13.8 Å². The topological polar surface area (TPSA) is 32.3 Å². The Morgan fingerprint density at radius 1 is 1.00 bits per heavy atom. The number of carbonyl (C=O) groups is 1. The fourth-order valence-corrected chi connectivity index (χ4v) is 1.98. The number of aryl methyl sites for hydroxylation is 2. The van der Waals surface area contributed by atoms with Crippen molar-refractivity contribution < 1.29 is 4.79 Å². The van der Waals surface area contributed by atoms with E-state index in [1.807, 2.05) is 75.3 Å². The minimum absolute atomic E-state index is 0.0796. The van der Waals surface area contributed by atoms with Crippen LogP contribution in [0.15, 0.2) is 42.5 Å². The number of amides is 1. The van der Waals surface area contributed by atoms with Crippen LogP contribution in [-0.4, -0.2) is 20.0 Å². The summed E-state index contributed by atoms with van der Waals surface area (Å²) in [6.45, 7) is 4.01. The molecule has 0 saturated carbocycles. The fraction of sp³-hybridized carbons (Fsp3) is 0.235. The van der Waals surface area contributed by atoms with Crippen molar-refractivity contribution >= 4 is 17.3 Å². The number of hydrogen-bond acceptors (Lipinski definition) is 2. The van der Waals surface area contributed by atoms with E-state index in [2.05, 4.69) is 5.32 Å². The first-order chi connectivity index (χ1) is 9.47. The maximum Gasteiger partial charge on any atom is 0.255 e. The second kappa shape index (κ2) is 5.78. The Bertz CT molecular complexity index is 615. The lowest BCUT2D eigenvalue weighted by atomic mass is 10.1. The average molecular weight is 268 g/mol. The Morgan fingerprint density at radius 2 is 1.65 bits per heavy atom. The summed E-state index contributed by atoms with van der Waals surface area (Å²) in [7, 11) is 3.95. The molecule has 2 rings (SSSR count). The van der Waals surface area contributed by atoms with Crippen LogP contribution in [0.25, 0.3) is 0 Å². The second-order valence-electron chi connectivity index (χ2n) is 5.21. The van der Waals surface area contributed by atoms with Crippen molar-refractivity contribution in [2.75, 3.05) is 24.3 Å². The highest BCUT2D eigenvalue weighted by Gasteiger charge is 2.08. The molecular weight excluding hydrogens is 248 g/mol. The van der Waals surface area contributed by atoms with Crippen molar-refractivity contribution in [3.63, 3.8) is 0 Å². The SMILES string of the molecule is Cc1ccc(C)c(NC(=O)c2ccc(N(C)C)cc2)c1. The van der Waals surface area contributed by atoms with Gasteiger partial charge in [-0.1, -0.05) is 12.1 Å². The highest BCUT2D eigenvalue weighted by molar-refractivity contribution is 6.04. The first-order valence-corrected chi connectivity index (χ1v) is 6.63. The highest BCUT2D eigenvalue weighted by atomic mass is 16.1. The maximum atomic E-state index is 12.2. The molecule has 20 heavy (non-hydrogen) atoms. The molecule has 2 aromatic rings. The van der Waals surface area contributed by atoms with Gasteiger partial charge in [0.25, 0.3) is 5.91 Å². The standard InChI is InChI=1S/C17H20N2O/c1-12-5-6-13(2)16(11-12)18-17(20)14-7-9-15(10-8-14)19(3)4/h5-11H,1-4H3,(H,18,20). The van der Waals surface area contributed by atoms with Crippen LogP contribution in [0.3, 0.4) is 0 Å². The summed E-state index contributed by atoms with van der Waals surface area (Å²) in [5.41, 5.74) is 4.80. The smallest absolute Gasteiger partial charge is 0.255 e. The van der Waals surface area contributed by atoms with Gasteiger partial charge >= 0.3 is 0 Å². The zero-order chi connectivity index (χ0) is 14.7. The molecule has 104 valence electrons. The summed E-state index contributed by atoms with van der Waals surface area (Å²) in [6, 6.07) is 13.6. The lowest BCUT2D eigenvalue weighted by molar-refractivity contribution is 0.102. The number of anilines is 2. The molecule has 0 aromatic heterocycles. The Labute approximate surface area is 120 Å². The fourth-order valence-electron chi connectivity index (χ4n) is 1.98. The Kier molecular flexibility index (Phi) is 4.08. The summed E-state index contributed by atoms with van der Waals surface area (Å²) in [6.07, 6.45) is 0. The minimum atomic E-state index is -0.0796. The van der Waals surface area contributed by atoms with E-state index in [9.17, 15) is 4.79 Å². The third-order valence-electron chi connectivity index (χ3n) is 3.29. The Morgan fingerprint density at radius 3 is 2.25 bits per heavy atom. The molecule has 3 nitrogen and oxygen atoms in total. The van der Waals surface area contributed by atoms with Crippen LogP contribution < -0.4 is 10.2 Å². The first kappa shape index (κ1) is 14.1. The van der Waals surface area contributed by atoms with Gasteiger partial charge in [0.15, 0.2) is 0 Å². The zero-order valence-corrected chi connectivity index (χ0v) is 12.4. The molecule has 0 fully saturated rings. The number of nitrogens with zero attached hydrogens (tertiary/aromatic N) is 1. The molecule has 0 heterocycles. The van der Waals surface area contributed by atoms with Gasteiger partial charge in [0.05, 0.1) is 0 Å². The van der Waals surface area contributed by atoms with Gasteiger partial charge in [-0.2, -0.15) is 0 Å². The predicted molar refractivity (Wildman–Crippen MR) is 84.6 cm³/mol. The predicted octanol–water partition coefficient (Wildman–Crippen LogP) is 3.62. The van der Waals surface area contributed by atoms with Crippen LogP contribution in [0.5, 0.6) is 0 Å². The summed E-state index contributed by atoms with van der Waals surface area (Å²) < 4.78 is 0. The number of nitrogens with one attached hydrogen (secondary N) is 1. The summed E-state index contributed by atoms with van der Waals surface area (Å²) >= 11 is 0. The van der Waals surface area contributed by atoms with Gasteiger partial charge in [-0.15, -0.1) is 0 Å². The number of hydrogen-bond donors (Lipinski definition) is 1. The van der Waals surface area contributed by atoms with Crippen molar-refractivity contribution in [2.24, 2.45) is 0 Å². The molecule has 0 aliphatic heterocycles. The van der Waals surface area contributed by atoms with Crippen LogP contribution in [0.2, 0.25) is 0 Å². The van der Waals surface area contributed by atoms with Gasteiger partial charge in [-0.05, 0) is 55.3 Å². The number of benzene rings is 2. The third-order valence-corrected chi connectivity index (χ3v) is 3.29. The largest absolute Gasteiger partial charge is 0.378 e. The van der Waals surface area contributed by atoms with E-state index in [4.69, 9.17) is 0 Å². The average Bonchev–Trinajstić information content (AvgIpc) is 2.43. The quantitative estimate of drug-likeness (QED) is 0.922. The van der Waals surface area contributed by atoms with Crippen molar-refractivity contribution in [3.05, 3.63) is 59.2 Å². The van der Waals surface area contributed by atoms with Crippen molar-refractivity contribution in [1.29, 1.82) is 0 Å².